The van der Waals surface area contributed by atoms with Crippen LogP contribution in [0.3, 0.4) is 0 Å². The second kappa shape index (κ2) is 10.5. The molecular weight excluding hydrogens is 496 g/mol. The first kappa shape index (κ1) is 24.3. The van der Waals surface area contributed by atoms with E-state index in [1.807, 2.05) is 38.1 Å². The Labute approximate surface area is 198 Å². The van der Waals surface area contributed by atoms with Crippen molar-refractivity contribution in [3.05, 3.63) is 55.1 Å². The Bertz CT molecular complexity index is 1250. The Balaban J connectivity index is 2.24. The van der Waals surface area contributed by atoms with E-state index in [1.54, 1.807) is 18.5 Å². The highest BCUT2D eigenvalue weighted by Crippen LogP contribution is 2.29. The van der Waals surface area contributed by atoms with Crippen molar-refractivity contribution in [1.82, 2.24) is 18.7 Å². The number of carbonyl (C=O) groups excluding carboxylic acids is 1. The summed E-state index contributed by atoms with van der Waals surface area (Å²) in [5.41, 5.74) is 0.847. The van der Waals surface area contributed by atoms with Crippen LogP contribution in [0.1, 0.15) is 39.2 Å². The third-order valence-corrected chi connectivity index (χ3v) is 6.87. The van der Waals surface area contributed by atoms with Gasteiger partial charge in [-0.2, -0.15) is 0 Å². The van der Waals surface area contributed by atoms with Gasteiger partial charge in [-0.25, -0.2) is 9.78 Å². The Kier molecular flexibility index (Phi) is 8.00. The SMILES string of the molecule is CCCn1c(=O)c2c(nc(SC(CC)C(=O)OCC)n2Cc2cccc(Br)c2)n(C)c1=O. The van der Waals surface area contributed by atoms with Crippen LogP contribution in [0.4, 0.5) is 0 Å². The molecular formula is C22H27BrN4O4S. The average molecular weight is 523 g/mol. The molecule has 0 bridgehead atoms. The summed E-state index contributed by atoms with van der Waals surface area (Å²) in [6.45, 7) is 6.58. The largest absolute Gasteiger partial charge is 0.465 e. The second-order valence-corrected chi connectivity index (χ2v) is 9.43. The summed E-state index contributed by atoms with van der Waals surface area (Å²) < 4.78 is 10.6. The van der Waals surface area contributed by atoms with E-state index < -0.39 is 10.9 Å². The molecule has 0 spiro atoms. The molecule has 1 unspecified atom stereocenters. The van der Waals surface area contributed by atoms with E-state index in [0.717, 1.165) is 10.0 Å². The molecule has 32 heavy (non-hydrogen) atoms. The molecule has 8 nitrogen and oxygen atoms in total. The lowest BCUT2D eigenvalue weighted by Gasteiger charge is -2.14. The van der Waals surface area contributed by atoms with E-state index in [4.69, 9.17) is 4.74 Å². The van der Waals surface area contributed by atoms with Crippen LogP contribution in [-0.2, 0) is 29.7 Å². The molecule has 10 heteroatoms. The number of halogens is 1. The zero-order valence-corrected chi connectivity index (χ0v) is 21.0. The van der Waals surface area contributed by atoms with Crippen molar-refractivity contribution < 1.29 is 9.53 Å². The minimum Gasteiger partial charge on any atom is -0.465 e. The molecule has 3 aromatic rings. The van der Waals surface area contributed by atoms with Gasteiger partial charge in [-0.1, -0.05) is 53.7 Å². The normalized spacial score (nSPS) is 12.3. The van der Waals surface area contributed by atoms with Crippen LogP contribution in [0.15, 0.2) is 43.5 Å². The fourth-order valence-corrected chi connectivity index (χ4v) is 4.94. The summed E-state index contributed by atoms with van der Waals surface area (Å²) in [7, 11) is 1.61. The van der Waals surface area contributed by atoms with Crippen LogP contribution in [0, 0.1) is 0 Å². The highest BCUT2D eigenvalue weighted by atomic mass is 79.9. The lowest BCUT2D eigenvalue weighted by atomic mass is 10.2. The van der Waals surface area contributed by atoms with E-state index in [0.29, 0.717) is 48.9 Å². The third kappa shape index (κ3) is 4.85. The van der Waals surface area contributed by atoms with Gasteiger partial charge in [-0.15, -0.1) is 0 Å². The lowest BCUT2D eigenvalue weighted by Crippen LogP contribution is -2.39. The van der Waals surface area contributed by atoms with Crippen LogP contribution >= 0.6 is 27.7 Å². The van der Waals surface area contributed by atoms with Gasteiger partial charge in [-0.3, -0.25) is 18.7 Å². The van der Waals surface area contributed by atoms with Crippen molar-refractivity contribution >= 4 is 44.8 Å². The predicted octanol–water partition coefficient (Wildman–Crippen LogP) is 3.55. The predicted molar refractivity (Wildman–Crippen MR) is 129 cm³/mol. The number of nitrogens with zero attached hydrogens (tertiary/aromatic N) is 4. The van der Waals surface area contributed by atoms with E-state index in [2.05, 4.69) is 20.9 Å². The lowest BCUT2D eigenvalue weighted by molar-refractivity contribution is -0.142. The maximum Gasteiger partial charge on any atom is 0.332 e. The van der Waals surface area contributed by atoms with Crippen LogP contribution in [0.2, 0.25) is 0 Å². The molecule has 0 fully saturated rings. The van der Waals surface area contributed by atoms with Crippen molar-refractivity contribution in [1.29, 1.82) is 0 Å². The number of carbonyl (C=O) groups is 1. The Morgan fingerprint density at radius 2 is 1.97 bits per heavy atom. The molecule has 172 valence electrons. The zero-order chi connectivity index (χ0) is 23.4. The number of benzene rings is 1. The standard InChI is InChI=1S/C22H27BrN4O4S/c1-5-11-26-19(28)17-18(25(4)22(26)30)24-21(32-16(6-2)20(29)31-7-3)27(17)13-14-9-8-10-15(23)12-14/h8-10,12,16H,5-7,11,13H2,1-4H3. The van der Waals surface area contributed by atoms with Crippen LogP contribution in [0.5, 0.6) is 0 Å². The van der Waals surface area contributed by atoms with Gasteiger partial charge in [0.05, 0.1) is 13.2 Å². The smallest absolute Gasteiger partial charge is 0.332 e. The summed E-state index contributed by atoms with van der Waals surface area (Å²) in [5, 5.41) is 0.0316. The fraction of sp³-hybridized carbons (Fsp3) is 0.455. The molecule has 0 aliphatic rings. The molecule has 0 saturated heterocycles. The fourth-order valence-electron chi connectivity index (χ4n) is 3.49. The minimum absolute atomic E-state index is 0.292. The average Bonchev–Trinajstić information content (AvgIpc) is 3.11. The summed E-state index contributed by atoms with van der Waals surface area (Å²) >= 11 is 4.74. The number of hydrogen-bond acceptors (Lipinski definition) is 6. The molecule has 0 aliphatic carbocycles. The van der Waals surface area contributed by atoms with Crippen molar-refractivity contribution in [3.63, 3.8) is 0 Å². The zero-order valence-electron chi connectivity index (χ0n) is 18.6. The molecule has 0 radical (unpaired) electrons. The number of thioether (sulfide) groups is 1. The molecule has 3 rings (SSSR count). The molecule has 1 atom stereocenters. The minimum atomic E-state index is -0.470. The van der Waals surface area contributed by atoms with Gasteiger partial charge in [0.1, 0.15) is 5.25 Å². The molecule has 2 aromatic heterocycles. The summed E-state index contributed by atoms with van der Waals surface area (Å²) in [5.74, 6) is -0.321. The van der Waals surface area contributed by atoms with Gasteiger partial charge in [0, 0.05) is 18.1 Å². The Morgan fingerprint density at radius 1 is 1.22 bits per heavy atom. The summed E-state index contributed by atoms with van der Waals surface area (Å²) in [6, 6.07) is 7.77. The van der Waals surface area contributed by atoms with Gasteiger partial charge in [0.2, 0.25) is 0 Å². The number of hydrogen-bond donors (Lipinski definition) is 0. The Morgan fingerprint density at radius 3 is 2.59 bits per heavy atom. The number of ether oxygens (including phenoxy) is 1. The number of aryl methyl sites for hydroxylation is 1. The maximum absolute atomic E-state index is 13.4. The summed E-state index contributed by atoms with van der Waals surface area (Å²) in [4.78, 5) is 43.2. The molecule has 0 amide bonds. The molecule has 0 aliphatic heterocycles. The van der Waals surface area contributed by atoms with Crippen molar-refractivity contribution in [2.75, 3.05) is 6.61 Å². The van der Waals surface area contributed by atoms with E-state index in [9.17, 15) is 14.4 Å². The van der Waals surface area contributed by atoms with Gasteiger partial charge >= 0.3 is 11.7 Å². The van der Waals surface area contributed by atoms with Crippen molar-refractivity contribution in [2.45, 2.75) is 57.1 Å². The topological polar surface area (TPSA) is 88.1 Å². The highest BCUT2D eigenvalue weighted by molar-refractivity contribution is 9.10. The van der Waals surface area contributed by atoms with Crippen molar-refractivity contribution in [2.24, 2.45) is 7.05 Å². The highest BCUT2D eigenvalue weighted by Gasteiger charge is 2.26. The number of fused-ring (bicyclic) bond motifs is 1. The van der Waals surface area contributed by atoms with Crippen LogP contribution in [-0.4, -0.2) is 36.5 Å². The van der Waals surface area contributed by atoms with Crippen molar-refractivity contribution in [3.8, 4) is 0 Å². The molecule has 1 aromatic carbocycles. The number of imidazole rings is 1. The first-order valence-corrected chi connectivity index (χ1v) is 12.3. The number of aromatic nitrogens is 4. The monoisotopic (exact) mass is 522 g/mol. The van der Waals surface area contributed by atoms with Gasteiger partial charge in [0.25, 0.3) is 5.56 Å². The van der Waals surface area contributed by atoms with E-state index in [-0.39, 0.29) is 11.5 Å². The molecule has 0 saturated carbocycles. The van der Waals surface area contributed by atoms with E-state index >= 15 is 0 Å². The van der Waals surface area contributed by atoms with Crippen LogP contribution < -0.4 is 11.2 Å². The van der Waals surface area contributed by atoms with E-state index in [1.165, 1.54) is 20.9 Å². The number of rotatable bonds is 9. The second-order valence-electron chi connectivity index (χ2n) is 7.35. The van der Waals surface area contributed by atoms with Crippen LogP contribution in [0.25, 0.3) is 11.2 Å². The number of esters is 1. The van der Waals surface area contributed by atoms with Gasteiger partial charge in [-0.05, 0) is 37.5 Å². The Hall–Kier alpha value is -2.33. The first-order chi connectivity index (χ1) is 15.3. The molecule has 2 heterocycles. The van der Waals surface area contributed by atoms with Gasteiger partial charge in [0.15, 0.2) is 16.3 Å². The third-order valence-electron chi connectivity index (χ3n) is 5.04. The first-order valence-electron chi connectivity index (χ1n) is 10.6. The van der Waals surface area contributed by atoms with Gasteiger partial charge < -0.3 is 9.30 Å². The quantitative estimate of drug-likeness (QED) is 0.315. The molecule has 0 N–H and O–H groups in total. The summed E-state index contributed by atoms with van der Waals surface area (Å²) in [6.07, 6.45) is 1.20. The maximum atomic E-state index is 13.4.